The monoisotopic (exact) mass is 328 g/mol. The predicted molar refractivity (Wildman–Crippen MR) is 98.0 cm³/mol. The van der Waals surface area contributed by atoms with Crippen LogP contribution in [-0.2, 0) is 6.54 Å². The van der Waals surface area contributed by atoms with Crippen molar-refractivity contribution in [2.75, 3.05) is 0 Å². The van der Waals surface area contributed by atoms with Crippen LogP contribution in [0.15, 0.2) is 41.8 Å². The highest BCUT2D eigenvalue weighted by molar-refractivity contribution is 5.78. The van der Waals surface area contributed by atoms with E-state index in [0.29, 0.717) is 18.5 Å². The molecule has 0 amide bonds. The van der Waals surface area contributed by atoms with Gasteiger partial charge in [-0.15, -0.1) is 0 Å². The van der Waals surface area contributed by atoms with E-state index in [0.717, 1.165) is 23.7 Å². The van der Waals surface area contributed by atoms with Crippen molar-refractivity contribution in [3.63, 3.8) is 0 Å². The number of nitrogens with zero attached hydrogens (tertiary/aromatic N) is 4. The largest absolute Gasteiger partial charge is 0.370 e. The van der Waals surface area contributed by atoms with Crippen molar-refractivity contribution in [2.45, 2.75) is 52.6 Å². The smallest absolute Gasteiger partial charge is 0.189 e. The molecule has 0 aromatic carbocycles. The lowest BCUT2D eigenvalue weighted by Crippen LogP contribution is -2.38. The number of hydrogen-bond donors (Lipinski definition) is 2. The zero-order valence-corrected chi connectivity index (χ0v) is 14.8. The maximum absolute atomic E-state index is 5.99. The van der Waals surface area contributed by atoms with Crippen LogP contribution in [0.25, 0.3) is 5.82 Å². The van der Waals surface area contributed by atoms with Crippen molar-refractivity contribution >= 4 is 5.96 Å². The molecule has 0 spiro atoms. The standard InChI is InChI=1S/C18H28N6/c1-14(2)6-4-7-15(3)23-18(19)21-13-16-8-10-20-17(12-16)24-11-5-9-22-24/h5,8-12,14-15H,4,6-7,13H2,1-3H3,(H3,19,21,23). The third kappa shape index (κ3) is 6.02. The van der Waals surface area contributed by atoms with E-state index in [1.54, 1.807) is 17.1 Å². The number of nitrogens with one attached hydrogen (secondary N) is 1. The van der Waals surface area contributed by atoms with Gasteiger partial charge < -0.3 is 11.1 Å². The van der Waals surface area contributed by atoms with Crippen molar-refractivity contribution in [3.05, 3.63) is 42.4 Å². The maximum Gasteiger partial charge on any atom is 0.189 e. The van der Waals surface area contributed by atoms with E-state index in [1.165, 1.54) is 12.8 Å². The Balaban J connectivity index is 1.85. The third-order valence-corrected chi connectivity index (χ3v) is 3.79. The van der Waals surface area contributed by atoms with Gasteiger partial charge in [0.25, 0.3) is 0 Å². The van der Waals surface area contributed by atoms with Crippen molar-refractivity contribution in [1.82, 2.24) is 20.1 Å². The van der Waals surface area contributed by atoms with Crippen LogP contribution in [0.2, 0.25) is 0 Å². The van der Waals surface area contributed by atoms with E-state index in [9.17, 15) is 0 Å². The first-order valence-corrected chi connectivity index (χ1v) is 8.56. The fourth-order valence-corrected chi connectivity index (χ4v) is 2.47. The van der Waals surface area contributed by atoms with Crippen LogP contribution in [0.3, 0.4) is 0 Å². The van der Waals surface area contributed by atoms with Gasteiger partial charge in [-0.1, -0.05) is 26.7 Å². The molecule has 0 bridgehead atoms. The minimum absolute atomic E-state index is 0.338. The van der Waals surface area contributed by atoms with Gasteiger partial charge in [-0.3, -0.25) is 0 Å². The second-order valence-electron chi connectivity index (χ2n) is 6.54. The molecule has 2 aromatic heterocycles. The zero-order valence-electron chi connectivity index (χ0n) is 14.8. The minimum atomic E-state index is 0.338. The number of nitrogens with two attached hydrogens (primary N) is 1. The normalized spacial score (nSPS) is 13.2. The Hall–Kier alpha value is -2.37. The van der Waals surface area contributed by atoms with Gasteiger partial charge in [0.05, 0.1) is 6.54 Å². The van der Waals surface area contributed by atoms with Crippen LogP contribution < -0.4 is 11.1 Å². The van der Waals surface area contributed by atoms with E-state index < -0.39 is 0 Å². The molecule has 0 aliphatic heterocycles. The van der Waals surface area contributed by atoms with Crippen LogP contribution in [0.5, 0.6) is 0 Å². The molecule has 2 aromatic rings. The summed E-state index contributed by atoms with van der Waals surface area (Å²) in [5, 5.41) is 7.44. The summed E-state index contributed by atoms with van der Waals surface area (Å²) < 4.78 is 1.73. The summed E-state index contributed by atoms with van der Waals surface area (Å²) in [6, 6.07) is 6.12. The fraction of sp³-hybridized carbons (Fsp3) is 0.500. The summed E-state index contributed by atoms with van der Waals surface area (Å²) in [5.41, 5.74) is 7.04. The Morgan fingerprint density at radius 3 is 2.83 bits per heavy atom. The summed E-state index contributed by atoms with van der Waals surface area (Å²) in [7, 11) is 0. The van der Waals surface area contributed by atoms with Crippen LogP contribution in [0, 0.1) is 5.92 Å². The second-order valence-corrected chi connectivity index (χ2v) is 6.54. The van der Waals surface area contributed by atoms with Gasteiger partial charge in [-0.25, -0.2) is 14.7 Å². The lowest BCUT2D eigenvalue weighted by atomic mass is 10.0. The Labute approximate surface area is 144 Å². The third-order valence-electron chi connectivity index (χ3n) is 3.79. The van der Waals surface area contributed by atoms with Crippen molar-refractivity contribution in [1.29, 1.82) is 0 Å². The SMILES string of the molecule is CC(C)CCCC(C)NC(N)=NCc1ccnc(-n2cccn2)c1. The second kappa shape index (κ2) is 9.05. The molecule has 1 atom stereocenters. The summed E-state index contributed by atoms with van der Waals surface area (Å²) in [5.74, 6) is 2.02. The van der Waals surface area contributed by atoms with Crippen molar-refractivity contribution < 1.29 is 0 Å². The Morgan fingerprint density at radius 2 is 2.12 bits per heavy atom. The van der Waals surface area contributed by atoms with Gasteiger partial charge in [0.2, 0.25) is 0 Å². The number of aromatic nitrogens is 3. The molecule has 0 aliphatic rings. The van der Waals surface area contributed by atoms with Crippen molar-refractivity contribution in [3.8, 4) is 5.82 Å². The average Bonchev–Trinajstić information content (AvgIpc) is 3.07. The first-order valence-electron chi connectivity index (χ1n) is 8.56. The maximum atomic E-state index is 5.99. The molecule has 130 valence electrons. The molecule has 0 saturated carbocycles. The van der Waals surface area contributed by atoms with Crippen LogP contribution >= 0.6 is 0 Å². The zero-order chi connectivity index (χ0) is 17.4. The number of guanidine groups is 1. The molecule has 3 N–H and O–H groups in total. The van der Waals surface area contributed by atoms with Gasteiger partial charge in [0.15, 0.2) is 11.8 Å². The Bertz CT molecular complexity index is 633. The van der Waals surface area contributed by atoms with Gasteiger partial charge in [0.1, 0.15) is 0 Å². The highest BCUT2D eigenvalue weighted by Gasteiger charge is 2.04. The summed E-state index contributed by atoms with van der Waals surface area (Å²) in [6.45, 7) is 7.17. The molecule has 6 heteroatoms. The first kappa shape index (κ1) is 18.0. The van der Waals surface area contributed by atoms with Crippen LogP contribution in [-0.4, -0.2) is 26.8 Å². The van der Waals surface area contributed by atoms with Gasteiger partial charge in [-0.05, 0) is 43.0 Å². The summed E-state index contributed by atoms with van der Waals surface area (Å²) in [4.78, 5) is 8.74. The molecule has 0 aliphatic carbocycles. The van der Waals surface area contributed by atoms with E-state index >= 15 is 0 Å². The quantitative estimate of drug-likeness (QED) is 0.577. The highest BCUT2D eigenvalue weighted by Crippen LogP contribution is 2.09. The van der Waals surface area contributed by atoms with Gasteiger partial charge in [0, 0.05) is 24.6 Å². The van der Waals surface area contributed by atoms with Gasteiger partial charge >= 0.3 is 0 Å². The molecular formula is C18H28N6. The Kier molecular flexibility index (Phi) is 6.78. The summed E-state index contributed by atoms with van der Waals surface area (Å²) >= 11 is 0. The molecule has 0 fully saturated rings. The number of rotatable bonds is 8. The van der Waals surface area contributed by atoms with E-state index in [2.05, 4.69) is 41.2 Å². The van der Waals surface area contributed by atoms with Crippen molar-refractivity contribution in [2.24, 2.45) is 16.6 Å². The Morgan fingerprint density at radius 1 is 1.29 bits per heavy atom. The molecule has 6 nitrogen and oxygen atoms in total. The molecule has 2 heterocycles. The predicted octanol–water partition coefficient (Wildman–Crippen LogP) is 2.89. The summed E-state index contributed by atoms with van der Waals surface area (Å²) in [6.07, 6.45) is 8.92. The van der Waals surface area contributed by atoms with E-state index in [1.807, 2.05) is 24.4 Å². The molecule has 0 saturated heterocycles. The lowest BCUT2D eigenvalue weighted by Gasteiger charge is -2.15. The van der Waals surface area contributed by atoms with E-state index in [-0.39, 0.29) is 0 Å². The highest BCUT2D eigenvalue weighted by atomic mass is 15.3. The minimum Gasteiger partial charge on any atom is -0.370 e. The molecule has 24 heavy (non-hydrogen) atoms. The van der Waals surface area contributed by atoms with E-state index in [4.69, 9.17) is 5.73 Å². The number of hydrogen-bond acceptors (Lipinski definition) is 3. The topological polar surface area (TPSA) is 81.1 Å². The van der Waals surface area contributed by atoms with Crippen LogP contribution in [0.1, 0.15) is 45.6 Å². The fourth-order valence-electron chi connectivity index (χ4n) is 2.47. The molecule has 0 radical (unpaired) electrons. The number of pyridine rings is 1. The first-order chi connectivity index (χ1) is 11.5. The molecule has 2 rings (SSSR count). The molecule has 1 unspecified atom stereocenters. The van der Waals surface area contributed by atoms with Crippen LogP contribution in [0.4, 0.5) is 0 Å². The number of aliphatic imine (C=N–C) groups is 1. The van der Waals surface area contributed by atoms with Gasteiger partial charge in [-0.2, -0.15) is 5.10 Å². The average molecular weight is 328 g/mol. The molecular weight excluding hydrogens is 300 g/mol. The lowest BCUT2D eigenvalue weighted by molar-refractivity contribution is 0.493.